The highest BCUT2D eigenvalue weighted by atomic mass is 31.2. The number of phosphoric acid groups is 1. The summed E-state index contributed by atoms with van der Waals surface area (Å²) in [5.74, 6) is -0.211. The number of likely N-dealkylation sites (N-methyl/N-ethyl adjacent to an activating group) is 1. The summed E-state index contributed by atoms with van der Waals surface area (Å²) in [7, 11) is 1.24. The molecule has 0 fully saturated rings. The molecule has 0 aliphatic rings. The molecule has 0 aliphatic carbocycles. The standard InChI is InChI=1S/C76H133N2O6P/c1-6-8-10-12-14-16-18-20-22-24-26-28-30-31-32-33-34-35-36-37-38-39-40-41-42-43-44-45-46-47-48-50-52-54-56-58-60-62-64-66-68-70-76(80)77-74(73-84-85(81,82)83-72-71-78(3,4)5)75(79)69-67-65-63-61-59-57-55-53-51-49-29-27-25-23-21-19-17-15-13-11-9-7-2/h8,10,14,16,20,22,26,28,31-32,34-35,37-38,40-41,43-44,59,61,67,69,74-75,79H,6-7,9,11-13,15,17-19,21,23-25,27,29-30,33,36,39,42,45-58,60,62-66,68,70-73H2,1-5H3,(H-,77,80,81,82)/b10-8-,16-14-,22-20-,28-26-,32-31-,35-34-,38-37-,41-40-,44-43-,61-59+,69-67+. The largest absolute Gasteiger partial charge is 0.756 e. The second-order valence-corrected chi connectivity index (χ2v) is 25.9. The van der Waals surface area contributed by atoms with Crippen molar-refractivity contribution < 1.29 is 32.9 Å². The zero-order chi connectivity index (χ0) is 61.9. The molecule has 0 rings (SSSR count). The molecule has 0 aromatic rings. The molecule has 488 valence electrons. The van der Waals surface area contributed by atoms with Gasteiger partial charge in [-0.15, -0.1) is 0 Å². The van der Waals surface area contributed by atoms with E-state index in [0.717, 1.165) is 96.3 Å². The number of nitrogens with one attached hydrogen (secondary N) is 1. The summed E-state index contributed by atoms with van der Waals surface area (Å²) in [5.41, 5.74) is 0. The first-order valence-corrected chi connectivity index (χ1v) is 36.5. The van der Waals surface area contributed by atoms with E-state index in [1.807, 2.05) is 27.2 Å². The highest BCUT2D eigenvalue weighted by Gasteiger charge is 2.23. The second kappa shape index (κ2) is 65.1. The van der Waals surface area contributed by atoms with Gasteiger partial charge >= 0.3 is 0 Å². The van der Waals surface area contributed by atoms with E-state index in [4.69, 9.17) is 9.05 Å². The van der Waals surface area contributed by atoms with Crippen LogP contribution in [0.1, 0.15) is 290 Å². The Kier molecular flexibility index (Phi) is 62.5. The maximum Gasteiger partial charge on any atom is 0.268 e. The number of hydrogen-bond acceptors (Lipinski definition) is 6. The lowest BCUT2D eigenvalue weighted by Gasteiger charge is -2.29. The minimum Gasteiger partial charge on any atom is -0.756 e. The third-order valence-corrected chi connectivity index (χ3v) is 16.1. The van der Waals surface area contributed by atoms with Crippen LogP contribution in [0.15, 0.2) is 134 Å². The summed E-state index contributed by atoms with van der Waals surface area (Å²) >= 11 is 0. The first-order valence-electron chi connectivity index (χ1n) is 35.0. The Morgan fingerprint density at radius 1 is 0.424 bits per heavy atom. The van der Waals surface area contributed by atoms with Crippen molar-refractivity contribution in [1.82, 2.24) is 5.32 Å². The lowest BCUT2D eigenvalue weighted by Crippen LogP contribution is -2.45. The monoisotopic (exact) mass is 1200 g/mol. The summed E-state index contributed by atoms with van der Waals surface area (Å²) < 4.78 is 23.4. The molecule has 0 aromatic carbocycles. The fraction of sp³-hybridized carbons (Fsp3) is 0.697. The third kappa shape index (κ3) is 68.0. The number of quaternary nitrogens is 1. The molecule has 0 radical (unpaired) electrons. The molecule has 8 nitrogen and oxygen atoms in total. The summed E-state index contributed by atoms with van der Waals surface area (Å²) in [5, 5.41) is 13.9. The summed E-state index contributed by atoms with van der Waals surface area (Å²) in [6.45, 7) is 4.53. The molecule has 1 amide bonds. The van der Waals surface area contributed by atoms with Gasteiger partial charge in [-0.1, -0.05) is 314 Å². The highest BCUT2D eigenvalue weighted by Crippen LogP contribution is 2.38. The molecule has 0 heterocycles. The normalized spacial score (nSPS) is 14.5. The van der Waals surface area contributed by atoms with Crippen LogP contribution in [0.25, 0.3) is 0 Å². The van der Waals surface area contributed by atoms with Crippen LogP contribution in [0.4, 0.5) is 0 Å². The average molecular weight is 1200 g/mol. The van der Waals surface area contributed by atoms with Gasteiger partial charge in [0.15, 0.2) is 0 Å². The number of hydrogen-bond donors (Lipinski definition) is 2. The van der Waals surface area contributed by atoms with E-state index in [1.165, 1.54) is 173 Å². The van der Waals surface area contributed by atoms with Crippen molar-refractivity contribution in [3.05, 3.63) is 134 Å². The predicted molar refractivity (Wildman–Crippen MR) is 371 cm³/mol. The second-order valence-electron chi connectivity index (χ2n) is 24.5. The van der Waals surface area contributed by atoms with Crippen molar-refractivity contribution in [2.24, 2.45) is 0 Å². The van der Waals surface area contributed by atoms with E-state index in [9.17, 15) is 19.4 Å². The van der Waals surface area contributed by atoms with Crippen LogP contribution in [0, 0.1) is 0 Å². The van der Waals surface area contributed by atoms with Crippen LogP contribution in [0.2, 0.25) is 0 Å². The van der Waals surface area contributed by atoms with Crippen LogP contribution in [-0.2, 0) is 18.4 Å². The average Bonchev–Trinajstić information content (AvgIpc) is 3.48. The SMILES string of the molecule is CC/C=C\C/C=C\C/C=C\C/C=C\C/C=C\C/C=C\C/C=C\C/C=C\C/C=C\CCCCCCCCCCCCCCCC(=O)NC(COP(=O)([O-])OCC[N+](C)(C)C)C(O)/C=C/CC/C=C/CCCCCCCCCCCCCCCCCC. The number of amides is 1. The molecule has 0 saturated heterocycles. The minimum atomic E-state index is -4.62. The Morgan fingerprint density at radius 2 is 0.729 bits per heavy atom. The number of carbonyl (C=O) groups is 1. The Hall–Kier alpha value is -3.36. The number of unbranched alkanes of at least 4 members (excludes halogenated alkanes) is 30. The van der Waals surface area contributed by atoms with Crippen LogP contribution >= 0.6 is 7.82 Å². The molecule has 2 N–H and O–H groups in total. The van der Waals surface area contributed by atoms with Crippen molar-refractivity contribution in [1.29, 1.82) is 0 Å². The first-order chi connectivity index (χ1) is 41.5. The Morgan fingerprint density at radius 3 is 1.09 bits per heavy atom. The van der Waals surface area contributed by atoms with Crippen molar-refractivity contribution in [2.45, 2.75) is 302 Å². The van der Waals surface area contributed by atoms with Gasteiger partial charge in [0, 0.05) is 6.42 Å². The van der Waals surface area contributed by atoms with Gasteiger partial charge in [-0.25, -0.2) is 0 Å². The molecule has 0 aliphatic heterocycles. The smallest absolute Gasteiger partial charge is 0.268 e. The fourth-order valence-electron chi connectivity index (χ4n) is 9.69. The van der Waals surface area contributed by atoms with Gasteiger partial charge < -0.3 is 28.8 Å². The van der Waals surface area contributed by atoms with Gasteiger partial charge in [0.2, 0.25) is 5.91 Å². The van der Waals surface area contributed by atoms with E-state index >= 15 is 0 Å². The van der Waals surface area contributed by atoms with E-state index in [0.29, 0.717) is 17.4 Å². The van der Waals surface area contributed by atoms with Crippen molar-refractivity contribution in [2.75, 3.05) is 40.9 Å². The van der Waals surface area contributed by atoms with Crippen molar-refractivity contribution in [3.8, 4) is 0 Å². The molecule has 3 atom stereocenters. The fourth-order valence-corrected chi connectivity index (χ4v) is 10.4. The van der Waals surface area contributed by atoms with Gasteiger partial charge in [0.25, 0.3) is 7.82 Å². The Bertz CT molecular complexity index is 1850. The van der Waals surface area contributed by atoms with Crippen LogP contribution in [-0.4, -0.2) is 68.5 Å². The van der Waals surface area contributed by atoms with E-state index in [-0.39, 0.29) is 12.5 Å². The highest BCUT2D eigenvalue weighted by molar-refractivity contribution is 7.45. The van der Waals surface area contributed by atoms with Gasteiger partial charge in [0.1, 0.15) is 13.2 Å². The molecule has 3 unspecified atom stereocenters. The predicted octanol–water partition coefficient (Wildman–Crippen LogP) is 22.0. The number of allylic oxidation sites excluding steroid dienone is 21. The van der Waals surface area contributed by atoms with Crippen LogP contribution in [0.5, 0.6) is 0 Å². The first kappa shape index (κ1) is 81.6. The van der Waals surface area contributed by atoms with Gasteiger partial charge in [-0.05, 0) is 103 Å². The molecular weight excluding hydrogens is 1070 g/mol. The van der Waals surface area contributed by atoms with E-state index < -0.39 is 26.6 Å². The topological polar surface area (TPSA) is 108 Å². The zero-order valence-corrected chi connectivity index (χ0v) is 56.7. The number of rotatable bonds is 63. The number of aliphatic hydroxyl groups excluding tert-OH is 1. The van der Waals surface area contributed by atoms with Crippen LogP contribution in [0.3, 0.4) is 0 Å². The van der Waals surface area contributed by atoms with Gasteiger partial charge in [-0.3, -0.25) is 9.36 Å². The summed E-state index contributed by atoms with van der Waals surface area (Å²) in [4.78, 5) is 25.6. The molecular formula is C76H133N2O6P. The molecule has 0 saturated carbocycles. The quantitative estimate of drug-likeness (QED) is 0.0272. The Balaban J connectivity index is 4.10. The lowest BCUT2D eigenvalue weighted by molar-refractivity contribution is -0.870. The van der Waals surface area contributed by atoms with Crippen molar-refractivity contribution in [3.63, 3.8) is 0 Å². The molecule has 9 heteroatoms. The van der Waals surface area contributed by atoms with Crippen molar-refractivity contribution >= 4 is 13.7 Å². The Labute approximate surface area is 526 Å². The zero-order valence-electron chi connectivity index (χ0n) is 55.8. The number of carbonyl (C=O) groups excluding carboxylic acids is 1. The minimum absolute atomic E-state index is 0.0112. The third-order valence-electron chi connectivity index (χ3n) is 15.1. The lowest BCUT2D eigenvalue weighted by atomic mass is 10.0. The number of nitrogens with zero attached hydrogens (tertiary/aromatic N) is 1. The molecule has 0 aromatic heterocycles. The van der Waals surface area contributed by atoms with Gasteiger partial charge in [-0.2, -0.15) is 0 Å². The maximum absolute atomic E-state index is 13.0. The summed E-state index contributed by atoms with van der Waals surface area (Å²) in [6.07, 6.45) is 98.5. The maximum atomic E-state index is 13.0. The van der Waals surface area contributed by atoms with E-state index in [1.54, 1.807) is 6.08 Å². The molecule has 0 spiro atoms. The number of phosphoric ester groups is 1. The molecule has 85 heavy (non-hydrogen) atoms. The molecule has 0 bridgehead atoms. The summed E-state index contributed by atoms with van der Waals surface area (Å²) in [6, 6.07) is -0.913. The van der Waals surface area contributed by atoms with Crippen LogP contribution < -0.4 is 10.2 Å². The van der Waals surface area contributed by atoms with E-state index in [2.05, 4.69) is 141 Å². The van der Waals surface area contributed by atoms with Gasteiger partial charge in [0.05, 0.1) is 39.9 Å². The number of aliphatic hydroxyl groups is 1.